The second-order valence-electron chi connectivity index (χ2n) is 4.25. The summed E-state index contributed by atoms with van der Waals surface area (Å²) >= 11 is 0. The maximum Gasteiger partial charge on any atom is 0.166 e. The van der Waals surface area contributed by atoms with E-state index in [0.29, 0.717) is 0 Å². The highest BCUT2D eigenvalue weighted by atomic mass is 16.1. The number of fused-ring (bicyclic) bond motifs is 1. The van der Waals surface area contributed by atoms with Crippen molar-refractivity contribution in [2.45, 2.75) is 26.7 Å². The maximum atomic E-state index is 12.4. The lowest BCUT2D eigenvalue weighted by Crippen LogP contribution is -2.13. The molecule has 0 radical (unpaired) electrons. The van der Waals surface area contributed by atoms with Crippen molar-refractivity contribution in [3.05, 3.63) is 42.1 Å². The normalized spacial score (nSPS) is 11.0. The Morgan fingerprint density at radius 3 is 2.65 bits per heavy atom. The lowest BCUT2D eigenvalue weighted by Gasteiger charge is -2.12. The van der Waals surface area contributed by atoms with E-state index in [-0.39, 0.29) is 11.7 Å². The number of pyridine rings is 1. The molecule has 0 aliphatic rings. The van der Waals surface area contributed by atoms with Gasteiger partial charge in [-0.25, -0.2) is 0 Å². The van der Waals surface area contributed by atoms with Crippen LogP contribution >= 0.6 is 0 Å². The van der Waals surface area contributed by atoms with Crippen molar-refractivity contribution in [3.8, 4) is 0 Å². The Hall–Kier alpha value is -1.70. The number of Topliss-reactive ketones (excluding diaryl/α,β-unsaturated/α-hetero) is 1. The molecule has 1 aromatic heterocycles. The number of carbonyl (C=O) groups is 1. The van der Waals surface area contributed by atoms with Gasteiger partial charge in [0.05, 0.1) is 5.52 Å². The summed E-state index contributed by atoms with van der Waals surface area (Å²) in [7, 11) is 0. The van der Waals surface area contributed by atoms with E-state index in [0.717, 1.165) is 29.3 Å². The molecule has 0 unspecified atom stereocenters. The average Bonchev–Trinajstić information content (AvgIpc) is 2.39. The minimum atomic E-state index is 0.126. The van der Waals surface area contributed by atoms with Crippen LogP contribution in [0, 0.1) is 5.92 Å². The first-order valence-corrected chi connectivity index (χ1v) is 6.15. The molecule has 0 amide bonds. The highest BCUT2D eigenvalue weighted by Crippen LogP contribution is 2.22. The summed E-state index contributed by atoms with van der Waals surface area (Å²) < 4.78 is 0. The SMILES string of the molecule is CCC(CC)C(=O)c1cccc2ncccc12. The van der Waals surface area contributed by atoms with Crippen LogP contribution in [0.25, 0.3) is 10.9 Å². The van der Waals surface area contributed by atoms with E-state index < -0.39 is 0 Å². The summed E-state index contributed by atoms with van der Waals surface area (Å²) in [6, 6.07) is 9.61. The summed E-state index contributed by atoms with van der Waals surface area (Å²) in [5.74, 6) is 0.370. The first-order valence-electron chi connectivity index (χ1n) is 6.15. The van der Waals surface area contributed by atoms with Crippen LogP contribution in [-0.4, -0.2) is 10.8 Å². The molecule has 0 bridgehead atoms. The summed E-state index contributed by atoms with van der Waals surface area (Å²) in [5.41, 5.74) is 1.70. The Kier molecular flexibility index (Phi) is 3.52. The third-order valence-electron chi connectivity index (χ3n) is 3.27. The molecule has 0 fully saturated rings. The van der Waals surface area contributed by atoms with Gasteiger partial charge in [0.2, 0.25) is 0 Å². The molecular weight excluding hydrogens is 210 g/mol. The molecule has 1 heterocycles. The van der Waals surface area contributed by atoms with Crippen LogP contribution in [0.4, 0.5) is 0 Å². The third kappa shape index (κ3) is 2.21. The fourth-order valence-corrected chi connectivity index (χ4v) is 2.20. The molecule has 0 aliphatic heterocycles. The van der Waals surface area contributed by atoms with Crippen LogP contribution < -0.4 is 0 Å². The average molecular weight is 227 g/mol. The van der Waals surface area contributed by atoms with Gasteiger partial charge < -0.3 is 0 Å². The highest BCUT2D eigenvalue weighted by molar-refractivity contribution is 6.08. The second-order valence-corrected chi connectivity index (χ2v) is 4.25. The minimum absolute atomic E-state index is 0.126. The van der Waals surface area contributed by atoms with Crippen molar-refractivity contribution in [1.29, 1.82) is 0 Å². The van der Waals surface area contributed by atoms with E-state index in [1.54, 1.807) is 6.20 Å². The van der Waals surface area contributed by atoms with Gasteiger partial charge >= 0.3 is 0 Å². The van der Waals surface area contributed by atoms with E-state index in [2.05, 4.69) is 18.8 Å². The molecule has 2 rings (SSSR count). The van der Waals surface area contributed by atoms with Crippen LogP contribution in [-0.2, 0) is 0 Å². The fourth-order valence-electron chi connectivity index (χ4n) is 2.20. The number of ketones is 1. The summed E-state index contributed by atoms with van der Waals surface area (Å²) in [6.45, 7) is 4.13. The smallest absolute Gasteiger partial charge is 0.166 e. The van der Waals surface area contributed by atoms with Gasteiger partial charge in [0.1, 0.15) is 0 Å². The van der Waals surface area contributed by atoms with Gasteiger partial charge in [0.15, 0.2) is 5.78 Å². The van der Waals surface area contributed by atoms with E-state index in [4.69, 9.17) is 0 Å². The van der Waals surface area contributed by atoms with Gasteiger partial charge in [-0.1, -0.05) is 32.0 Å². The molecule has 0 atom stereocenters. The van der Waals surface area contributed by atoms with Gasteiger partial charge in [0.25, 0.3) is 0 Å². The summed E-state index contributed by atoms with van der Waals surface area (Å²) in [4.78, 5) is 16.7. The Morgan fingerprint density at radius 1 is 1.18 bits per heavy atom. The van der Waals surface area contributed by atoms with E-state index in [1.165, 1.54) is 0 Å². The number of benzene rings is 1. The Bertz CT molecular complexity index is 524. The van der Waals surface area contributed by atoms with Crippen LogP contribution in [0.5, 0.6) is 0 Å². The summed E-state index contributed by atoms with van der Waals surface area (Å²) in [6.07, 6.45) is 3.55. The zero-order chi connectivity index (χ0) is 12.3. The molecule has 88 valence electrons. The highest BCUT2D eigenvalue weighted by Gasteiger charge is 2.18. The fraction of sp³-hybridized carbons (Fsp3) is 0.333. The van der Waals surface area contributed by atoms with Crippen LogP contribution in [0.2, 0.25) is 0 Å². The number of carbonyl (C=O) groups excluding carboxylic acids is 1. The van der Waals surface area contributed by atoms with Crippen molar-refractivity contribution in [3.63, 3.8) is 0 Å². The molecule has 0 N–H and O–H groups in total. The molecule has 0 saturated carbocycles. The topological polar surface area (TPSA) is 30.0 Å². The Balaban J connectivity index is 2.52. The van der Waals surface area contributed by atoms with Gasteiger partial charge in [-0.05, 0) is 25.0 Å². The molecular formula is C15H17NO. The molecule has 0 aliphatic carbocycles. The largest absolute Gasteiger partial charge is 0.294 e. The third-order valence-corrected chi connectivity index (χ3v) is 3.27. The van der Waals surface area contributed by atoms with E-state index in [9.17, 15) is 4.79 Å². The predicted octanol–water partition coefficient (Wildman–Crippen LogP) is 3.85. The van der Waals surface area contributed by atoms with E-state index >= 15 is 0 Å². The van der Waals surface area contributed by atoms with Crippen molar-refractivity contribution >= 4 is 16.7 Å². The number of rotatable bonds is 4. The Labute approximate surface area is 102 Å². The molecule has 2 aromatic rings. The monoisotopic (exact) mass is 227 g/mol. The van der Waals surface area contributed by atoms with Gasteiger partial charge in [0, 0.05) is 23.1 Å². The lowest BCUT2D eigenvalue weighted by molar-refractivity contribution is 0.0915. The van der Waals surface area contributed by atoms with Crippen molar-refractivity contribution in [2.75, 3.05) is 0 Å². The van der Waals surface area contributed by atoms with Gasteiger partial charge in [-0.3, -0.25) is 9.78 Å². The van der Waals surface area contributed by atoms with Crippen molar-refractivity contribution in [1.82, 2.24) is 4.98 Å². The first-order chi connectivity index (χ1) is 8.27. The minimum Gasteiger partial charge on any atom is -0.294 e. The molecule has 1 aromatic carbocycles. The number of hydrogen-bond donors (Lipinski definition) is 0. The number of hydrogen-bond acceptors (Lipinski definition) is 2. The molecule has 2 heteroatoms. The van der Waals surface area contributed by atoms with Crippen LogP contribution in [0.3, 0.4) is 0 Å². The van der Waals surface area contributed by atoms with Crippen molar-refractivity contribution < 1.29 is 4.79 Å². The maximum absolute atomic E-state index is 12.4. The van der Waals surface area contributed by atoms with Crippen molar-refractivity contribution in [2.24, 2.45) is 5.92 Å². The first kappa shape index (κ1) is 11.8. The van der Waals surface area contributed by atoms with E-state index in [1.807, 2.05) is 30.3 Å². The molecule has 0 spiro atoms. The lowest BCUT2D eigenvalue weighted by atomic mass is 9.91. The zero-order valence-electron chi connectivity index (χ0n) is 10.3. The second kappa shape index (κ2) is 5.09. The number of aromatic nitrogens is 1. The van der Waals surface area contributed by atoms with Gasteiger partial charge in [-0.15, -0.1) is 0 Å². The van der Waals surface area contributed by atoms with Crippen LogP contribution in [0.1, 0.15) is 37.0 Å². The van der Waals surface area contributed by atoms with Gasteiger partial charge in [-0.2, -0.15) is 0 Å². The van der Waals surface area contributed by atoms with Crippen LogP contribution in [0.15, 0.2) is 36.5 Å². The molecule has 0 saturated heterocycles. The zero-order valence-corrected chi connectivity index (χ0v) is 10.3. The number of nitrogens with zero attached hydrogens (tertiary/aromatic N) is 1. The molecule has 17 heavy (non-hydrogen) atoms. The molecule has 2 nitrogen and oxygen atoms in total. The summed E-state index contributed by atoms with van der Waals surface area (Å²) in [5, 5.41) is 0.965. The Morgan fingerprint density at radius 2 is 1.94 bits per heavy atom. The predicted molar refractivity (Wildman–Crippen MR) is 70.1 cm³/mol. The quantitative estimate of drug-likeness (QED) is 0.742. The standard InChI is InChI=1S/C15H17NO/c1-3-11(4-2)15(17)13-7-5-9-14-12(13)8-6-10-16-14/h5-11H,3-4H2,1-2H3.